The van der Waals surface area contributed by atoms with Crippen LogP contribution in [0.3, 0.4) is 0 Å². The highest BCUT2D eigenvalue weighted by Gasteiger charge is 2.66. The van der Waals surface area contributed by atoms with Crippen molar-refractivity contribution in [3.05, 3.63) is 11.6 Å². The molecule has 0 bridgehead atoms. The Kier molecular flexibility index (Phi) is 7.91. The number of allylic oxidation sites excluding steroid dienone is 2. The van der Waals surface area contributed by atoms with E-state index < -0.39 is 11.9 Å². The second kappa shape index (κ2) is 10.2. The number of fused-ring (bicyclic) bond motifs is 1. The van der Waals surface area contributed by atoms with Crippen LogP contribution in [0, 0.1) is 28.6 Å². The zero-order valence-corrected chi connectivity index (χ0v) is 21.1. The van der Waals surface area contributed by atoms with Gasteiger partial charge in [-0.2, -0.15) is 0 Å². The van der Waals surface area contributed by atoms with Gasteiger partial charge >= 0.3 is 0 Å². The minimum absolute atomic E-state index is 0.00544. The molecule has 1 spiro atoms. The van der Waals surface area contributed by atoms with Gasteiger partial charge in [-0.1, -0.05) is 32.4 Å². The van der Waals surface area contributed by atoms with Crippen molar-refractivity contribution in [1.82, 2.24) is 0 Å². The fraction of sp³-hybridized carbons (Fsp3) is 0.923. The zero-order chi connectivity index (χ0) is 23.7. The lowest BCUT2D eigenvalue weighted by Crippen LogP contribution is -2.60. The largest absolute Gasteiger partial charge is 0.393 e. The summed E-state index contributed by atoms with van der Waals surface area (Å²) < 4.78 is 34.7. The van der Waals surface area contributed by atoms with Crippen molar-refractivity contribution in [2.24, 2.45) is 28.6 Å². The lowest BCUT2D eigenvalue weighted by Gasteiger charge is -2.58. The summed E-state index contributed by atoms with van der Waals surface area (Å²) >= 11 is 0. The summed E-state index contributed by atoms with van der Waals surface area (Å²) in [7, 11) is 1.65. The van der Waals surface area contributed by atoms with Crippen LogP contribution in [-0.4, -0.2) is 70.2 Å². The highest BCUT2D eigenvalue weighted by molar-refractivity contribution is 5.31. The van der Waals surface area contributed by atoms with Crippen LogP contribution in [0.25, 0.3) is 0 Å². The monoisotopic (exact) mass is 468 g/mol. The first-order valence-corrected chi connectivity index (χ1v) is 12.7. The maximum absolute atomic E-state index is 11.8. The summed E-state index contributed by atoms with van der Waals surface area (Å²) in [6.45, 7) is 12.6. The molecule has 0 amide bonds. The number of methoxy groups -OCH3 is 1. The molecule has 2 saturated heterocycles. The Morgan fingerprint density at radius 2 is 1.85 bits per heavy atom. The molecule has 0 radical (unpaired) electrons. The van der Waals surface area contributed by atoms with E-state index >= 15 is 0 Å². The van der Waals surface area contributed by atoms with Gasteiger partial charge in [-0.25, -0.2) is 0 Å². The van der Waals surface area contributed by atoms with Gasteiger partial charge in [-0.3, -0.25) is 0 Å². The first-order chi connectivity index (χ1) is 15.8. The highest BCUT2D eigenvalue weighted by atomic mass is 16.7. The van der Waals surface area contributed by atoms with Crippen molar-refractivity contribution < 1.29 is 33.5 Å². The average Bonchev–Trinajstić information content (AvgIpc) is 3.50. The van der Waals surface area contributed by atoms with Crippen molar-refractivity contribution in [3.63, 3.8) is 0 Å². The molecule has 0 aromatic heterocycles. The summed E-state index contributed by atoms with van der Waals surface area (Å²) in [6, 6.07) is 0. The molecule has 0 aromatic carbocycles. The molecule has 2 aliphatic carbocycles. The normalized spacial score (nSPS) is 36.3. The minimum Gasteiger partial charge on any atom is -0.393 e. The van der Waals surface area contributed by atoms with Crippen molar-refractivity contribution in [1.29, 1.82) is 0 Å². The van der Waals surface area contributed by atoms with Gasteiger partial charge in [0.1, 0.15) is 6.79 Å². The van der Waals surface area contributed by atoms with E-state index in [1.807, 2.05) is 0 Å². The van der Waals surface area contributed by atoms with E-state index in [2.05, 4.69) is 33.8 Å². The summed E-state index contributed by atoms with van der Waals surface area (Å²) in [5.41, 5.74) is 1.26. The summed E-state index contributed by atoms with van der Waals surface area (Å²) in [5, 5.41) is 11.8. The smallest absolute Gasteiger partial charge is 0.171 e. The van der Waals surface area contributed by atoms with Gasteiger partial charge in [0, 0.05) is 38.4 Å². The summed E-state index contributed by atoms with van der Waals surface area (Å²) in [4.78, 5) is 0. The first-order valence-electron chi connectivity index (χ1n) is 12.7. The van der Waals surface area contributed by atoms with E-state index in [4.69, 9.17) is 28.4 Å². The molecule has 3 fully saturated rings. The van der Waals surface area contributed by atoms with Crippen molar-refractivity contribution in [2.45, 2.75) is 78.0 Å². The van der Waals surface area contributed by atoms with Gasteiger partial charge in [0.25, 0.3) is 0 Å². The molecule has 7 nitrogen and oxygen atoms in total. The van der Waals surface area contributed by atoms with E-state index in [-0.39, 0.29) is 29.0 Å². The maximum atomic E-state index is 11.8. The lowest BCUT2D eigenvalue weighted by molar-refractivity contribution is -0.272. The molecule has 7 heteroatoms. The fourth-order valence-corrected chi connectivity index (χ4v) is 7.26. The predicted octanol–water partition coefficient (Wildman–Crippen LogP) is 3.89. The average molecular weight is 469 g/mol. The highest BCUT2D eigenvalue weighted by Crippen LogP contribution is 2.68. The van der Waals surface area contributed by atoms with Crippen LogP contribution in [0.15, 0.2) is 11.6 Å². The van der Waals surface area contributed by atoms with Crippen molar-refractivity contribution >= 4 is 0 Å². The second-order valence-corrected chi connectivity index (χ2v) is 11.0. The SMILES string of the molecule is COCOCCC[C@@]12C=C(C)C(C)(C)[C@@H]1CC1(OCCO1)[C@H](C)[C@@H]2[C@@H](O)CCC1OCCO1. The molecule has 33 heavy (non-hydrogen) atoms. The fourth-order valence-electron chi connectivity index (χ4n) is 7.26. The third kappa shape index (κ3) is 4.67. The first kappa shape index (κ1) is 25.5. The topological polar surface area (TPSA) is 75.6 Å². The van der Waals surface area contributed by atoms with E-state index in [1.54, 1.807) is 7.11 Å². The van der Waals surface area contributed by atoms with E-state index in [1.165, 1.54) is 5.57 Å². The van der Waals surface area contributed by atoms with Gasteiger partial charge < -0.3 is 33.5 Å². The number of hydrogen-bond acceptors (Lipinski definition) is 7. The molecule has 1 saturated carbocycles. The number of rotatable bonds is 10. The Hall–Kier alpha value is -0.540. The Balaban J connectivity index is 1.63. The van der Waals surface area contributed by atoms with E-state index in [9.17, 15) is 5.11 Å². The second-order valence-electron chi connectivity index (χ2n) is 11.0. The number of ether oxygens (including phenoxy) is 6. The molecule has 4 aliphatic rings. The summed E-state index contributed by atoms with van der Waals surface area (Å²) in [5.74, 6) is -0.229. The predicted molar refractivity (Wildman–Crippen MR) is 123 cm³/mol. The van der Waals surface area contributed by atoms with Crippen LogP contribution in [-0.2, 0) is 28.4 Å². The van der Waals surface area contributed by atoms with E-state index in [0.29, 0.717) is 58.6 Å². The molecule has 0 aromatic rings. The Bertz CT molecular complexity index is 680. The molecule has 2 aliphatic heterocycles. The van der Waals surface area contributed by atoms with Crippen LogP contribution >= 0.6 is 0 Å². The molecule has 1 N–H and O–H groups in total. The number of aliphatic hydroxyl groups is 1. The van der Waals surface area contributed by atoms with Crippen molar-refractivity contribution in [2.75, 3.05) is 46.9 Å². The molecule has 0 unspecified atom stereocenters. The quantitative estimate of drug-likeness (QED) is 0.296. The van der Waals surface area contributed by atoms with Crippen LogP contribution in [0.5, 0.6) is 0 Å². The zero-order valence-electron chi connectivity index (χ0n) is 21.1. The number of hydrogen-bond donors (Lipinski definition) is 1. The number of aliphatic hydroxyl groups excluding tert-OH is 1. The molecular formula is C26H44O7. The van der Waals surface area contributed by atoms with Gasteiger partial charge in [0.2, 0.25) is 0 Å². The molecule has 4 rings (SSSR count). The molecule has 5 atom stereocenters. The minimum atomic E-state index is -0.623. The van der Waals surface area contributed by atoms with Crippen LogP contribution < -0.4 is 0 Å². The maximum Gasteiger partial charge on any atom is 0.171 e. The van der Waals surface area contributed by atoms with Crippen molar-refractivity contribution in [3.8, 4) is 0 Å². The third-order valence-electron chi connectivity index (χ3n) is 9.04. The van der Waals surface area contributed by atoms with Gasteiger partial charge in [0.05, 0.1) is 32.5 Å². The standard InChI is InChI=1S/C26H44O7/c1-18-15-25(9-6-10-29-17-28-5)21(24(18,3)4)16-26(32-13-14-33-26)19(2)23(25)20(27)7-8-22-30-11-12-31-22/h15,19-23,27H,6-14,16-17H2,1-5H3/t19-,20+,21+,23-,25-/m1/s1. The Labute approximate surface area is 199 Å². The van der Waals surface area contributed by atoms with Crippen LogP contribution in [0.1, 0.15) is 59.8 Å². The van der Waals surface area contributed by atoms with E-state index in [0.717, 1.165) is 19.3 Å². The molecular weight excluding hydrogens is 424 g/mol. The van der Waals surface area contributed by atoms with Crippen LogP contribution in [0.4, 0.5) is 0 Å². The van der Waals surface area contributed by atoms with Gasteiger partial charge in [-0.05, 0) is 42.9 Å². The Morgan fingerprint density at radius 1 is 1.15 bits per heavy atom. The Morgan fingerprint density at radius 3 is 2.52 bits per heavy atom. The van der Waals surface area contributed by atoms with Gasteiger partial charge in [0.15, 0.2) is 12.1 Å². The molecule has 190 valence electrons. The third-order valence-corrected chi connectivity index (χ3v) is 9.04. The lowest BCUT2D eigenvalue weighted by atomic mass is 9.49. The van der Waals surface area contributed by atoms with Crippen LogP contribution in [0.2, 0.25) is 0 Å². The summed E-state index contributed by atoms with van der Waals surface area (Å²) in [6.07, 6.45) is 5.84. The van der Waals surface area contributed by atoms with Gasteiger partial charge in [-0.15, -0.1) is 0 Å². The molecule has 2 heterocycles.